The molecule has 1 heterocycles. The Bertz CT molecular complexity index is 940. The van der Waals surface area contributed by atoms with E-state index >= 15 is 0 Å². The number of anilines is 1. The number of primary sulfonamides is 1. The Morgan fingerprint density at radius 2 is 1.30 bits per heavy atom. The average molecular weight is 326 g/mol. The number of nitrogens with zero attached hydrogens (tertiary/aromatic N) is 2. The summed E-state index contributed by atoms with van der Waals surface area (Å²) in [6.07, 6.45) is 0. The second-order valence-corrected chi connectivity index (χ2v) is 6.49. The number of aromatic nitrogens is 2. The van der Waals surface area contributed by atoms with Gasteiger partial charge in [0.05, 0.1) is 16.3 Å². The van der Waals surface area contributed by atoms with E-state index < -0.39 is 10.0 Å². The highest BCUT2D eigenvalue weighted by atomic mass is 32.2. The van der Waals surface area contributed by atoms with Crippen LogP contribution in [0, 0.1) is 0 Å². The number of hydrogen-bond acceptors (Lipinski definition) is 5. The molecule has 0 spiro atoms. The number of nitrogens with two attached hydrogens (primary N) is 2. The molecule has 0 aliphatic carbocycles. The molecule has 3 rings (SSSR count). The van der Waals surface area contributed by atoms with Crippen molar-refractivity contribution >= 4 is 16.0 Å². The smallest absolute Gasteiger partial charge is 0.238 e. The van der Waals surface area contributed by atoms with Gasteiger partial charge in [0.1, 0.15) is 0 Å². The summed E-state index contributed by atoms with van der Waals surface area (Å²) >= 11 is 0. The van der Waals surface area contributed by atoms with Gasteiger partial charge in [-0.3, -0.25) is 0 Å². The molecular formula is C16H14N4O2S. The third-order valence-electron chi connectivity index (χ3n) is 3.29. The van der Waals surface area contributed by atoms with Gasteiger partial charge < -0.3 is 5.73 Å². The minimum Gasteiger partial charge on any atom is -0.368 e. The van der Waals surface area contributed by atoms with Crippen molar-refractivity contribution in [2.75, 3.05) is 5.73 Å². The first kappa shape index (κ1) is 15.1. The molecule has 0 saturated carbocycles. The summed E-state index contributed by atoms with van der Waals surface area (Å²) in [5.41, 5.74) is 8.75. The molecule has 0 saturated heterocycles. The molecule has 2 aromatic carbocycles. The minimum absolute atomic E-state index is 0.0477. The molecule has 6 nitrogen and oxygen atoms in total. The molecule has 3 aromatic rings. The van der Waals surface area contributed by atoms with Crippen LogP contribution in [-0.2, 0) is 10.0 Å². The van der Waals surface area contributed by atoms with Crippen molar-refractivity contribution in [2.45, 2.75) is 4.90 Å². The average Bonchev–Trinajstić information content (AvgIpc) is 2.54. The summed E-state index contributed by atoms with van der Waals surface area (Å²) < 4.78 is 22.6. The molecule has 1 aromatic heterocycles. The van der Waals surface area contributed by atoms with Crippen molar-refractivity contribution < 1.29 is 8.42 Å². The molecule has 0 bridgehead atoms. The van der Waals surface area contributed by atoms with E-state index in [2.05, 4.69) is 9.97 Å². The summed E-state index contributed by atoms with van der Waals surface area (Å²) in [5, 5.41) is 5.10. The van der Waals surface area contributed by atoms with Crippen molar-refractivity contribution in [2.24, 2.45) is 5.14 Å². The van der Waals surface area contributed by atoms with E-state index in [1.807, 2.05) is 30.3 Å². The number of rotatable bonds is 3. The summed E-state index contributed by atoms with van der Waals surface area (Å²) in [4.78, 5) is 8.49. The van der Waals surface area contributed by atoms with Crippen molar-refractivity contribution in [1.29, 1.82) is 0 Å². The summed E-state index contributed by atoms with van der Waals surface area (Å²) in [7, 11) is -3.72. The number of nitrogen functional groups attached to an aromatic ring is 1. The molecule has 116 valence electrons. The Morgan fingerprint density at radius 1 is 0.783 bits per heavy atom. The lowest BCUT2D eigenvalue weighted by Gasteiger charge is -2.07. The van der Waals surface area contributed by atoms with Crippen LogP contribution >= 0.6 is 0 Å². The molecule has 0 atom stereocenters. The van der Waals surface area contributed by atoms with E-state index in [-0.39, 0.29) is 10.8 Å². The molecule has 0 aliphatic heterocycles. The maximum absolute atomic E-state index is 11.3. The van der Waals surface area contributed by atoms with E-state index in [9.17, 15) is 8.42 Å². The third-order valence-corrected chi connectivity index (χ3v) is 4.22. The molecule has 7 heteroatoms. The number of sulfonamides is 1. The standard InChI is InChI=1S/C16H14N4O2S/c17-16-19-14(11-4-2-1-3-5-11)10-15(20-16)12-6-8-13(9-7-12)23(18,21)22/h1-10H,(H2,17,19,20)(H2,18,21,22). The summed E-state index contributed by atoms with van der Waals surface area (Å²) in [5.74, 6) is 0.150. The third kappa shape index (κ3) is 3.36. The highest BCUT2D eigenvalue weighted by Gasteiger charge is 2.10. The zero-order valence-corrected chi connectivity index (χ0v) is 12.9. The lowest BCUT2D eigenvalue weighted by Crippen LogP contribution is -2.11. The Kier molecular flexibility index (Phi) is 3.81. The maximum Gasteiger partial charge on any atom is 0.238 e. The second kappa shape index (κ2) is 5.79. The highest BCUT2D eigenvalue weighted by Crippen LogP contribution is 2.25. The van der Waals surface area contributed by atoms with E-state index in [0.717, 1.165) is 11.1 Å². The number of benzene rings is 2. The van der Waals surface area contributed by atoms with Crippen LogP contribution in [-0.4, -0.2) is 18.4 Å². The Labute approximate surface area is 133 Å². The van der Waals surface area contributed by atoms with Crippen LogP contribution in [0.15, 0.2) is 65.6 Å². The first-order chi connectivity index (χ1) is 10.9. The van der Waals surface area contributed by atoms with Crippen molar-refractivity contribution in [3.63, 3.8) is 0 Å². The normalized spacial score (nSPS) is 11.3. The largest absolute Gasteiger partial charge is 0.368 e. The van der Waals surface area contributed by atoms with Gasteiger partial charge in [-0.25, -0.2) is 23.5 Å². The Morgan fingerprint density at radius 3 is 1.83 bits per heavy atom. The van der Waals surface area contributed by atoms with Crippen LogP contribution in [0.3, 0.4) is 0 Å². The van der Waals surface area contributed by atoms with Crippen molar-refractivity contribution in [3.05, 3.63) is 60.7 Å². The van der Waals surface area contributed by atoms with Gasteiger partial charge in [-0.05, 0) is 18.2 Å². The molecule has 23 heavy (non-hydrogen) atoms. The highest BCUT2D eigenvalue weighted by molar-refractivity contribution is 7.89. The fraction of sp³-hybridized carbons (Fsp3) is 0. The molecule has 0 amide bonds. The fourth-order valence-electron chi connectivity index (χ4n) is 2.19. The zero-order valence-electron chi connectivity index (χ0n) is 12.0. The Balaban J connectivity index is 2.05. The van der Waals surface area contributed by atoms with Crippen LogP contribution in [0.5, 0.6) is 0 Å². The molecule has 4 N–H and O–H groups in total. The van der Waals surface area contributed by atoms with Gasteiger partial charge in [-0.1, -0.05) is 42.5 Å². The predicted octanol–water partition coefficient (Wildman–Crippen LogP) is 2.04. The second-order valence-electron chi connectivity index (χ2n) is 4.93. The van der Waals surface area contributed by atoms with E-state index in [1.54, 1.807) is 18.2 Å². The van der Waals surface area contributed by atoms with Gasteiger partial charge in [0.2, 0.25) is 16.0 Å². The fourth-order valence-corrected chi connectivity index (χ4v) is 2.70. The van der Waals surface area contributed by atoms with Crippen LogP contribution in [0.25, 0.3) is 22.5 Å². The van der Waals surface area contributed by atoms with Crippen molar-refractivity contribution in [1.82, 2.24) is 9.97 Å². The maximum atomic E-state index is 11.3. The minimum atomic E-state index is -3.72. The SMILES string of the molecule is Nc1nc(-c2ccccc2)cc(-c2ccc(S(N)(=O)=O)cc2)n1. The monoisotopic (exact) mass is 326 g/mol. The molecule has 0 unspecified atom stereocenters. The predicted molar refractivity (Wildman–Crippen MR) is 88.7 cm³/mol. The molecule has 0 fully saturated rings. The lowest BCUT2D eigenvalue weighted by molar-refractivity contribution is 0.598. The van der Waals surface area contributed by atoms with Gasteiger partial charge in [0.15, 0.2) is 0 Å². The van der Waals surface area contributed by atoms with E-state index in [1.165, 1.54) is 12.1 Å². The van der Waals surface area contributed by atoms with Gasteiger partial charge >= 0.3 is 0 Å². The van der Waals surface area contributed by atoms with E-state index in [0.29, 0.717) is 11.4 Å². The van der Waals surface area contributed by atoms with Crippen molar-refractivity contribution in [3.8, 4) is 22.5 Å². The molecular weight excluding hydrogens is 312 g/mol. The van der Waals surface area contributed by atoms with Gasteiger partial charge in [-0.15, -0.1) is 0 Å². The first-order valence-corrected chi connectivity index (χ1v) is 8.31. The topological polar surface area (TPSA) is 112 Å². The molecule has 0 aliphatic rings. The number of hydrogen-bond donors (Lipinski definition) is 2. The van der Waals surface area contributed by atoms with Crippen LogP contribution < -0.4 is 10.9 Å². The van der Waals surface area contributed by atoms with Gasteiger partial charge in [0, 0.05) is 11.1 Å². The van der Waals surface area contributed by atoms with Gasteiger partial charge in [-0.2, -0.15) is 0 Å². The van der Waals surface area contributed by atoms with Gasteiger partial charge in [0.25, 0.3) is 0 Å². The Hall–Kier alpha value is -2.77. The quantitative estimate of drug-likeness (QED) is 0.765. The van der Waals surface area contributed by atoms with Crippen LogP contribution in [0.1, 0.15) is 0 Å². The zero-order chi connectivity index (χ0) is 16.4. The summed E-state index contributed by atoms with van der Waals surface area (Å²) in [6.45, 7) is 0. The summed E-state index contributed by atoms with van der Waals surface area (Å²) in [6, 6.07) is 17.5. The molecule has 0 radical (unpaired) electrons. The van der Waals surface area contributed by atoms with Crippen LogP contribution in [0.4, 0.5) is 5.95 Å². The van der Waals surface area contributed by atoms with E-state index in [4.69, 9.17) is 10.9 Å². The van der Waals surface area contributed by atoms with Crippen LogP contribution in [0.2, 0.25) is 0 Å². The lowest BCUT2D eigenvalue weighted by atomic mass is 10.1. The first-order valence-electron chi connectivity index (χ1n) is 6.77.